The third-order valence-corrected chi connectivity index (χ3v) is 2.03. The normalized spacial score (nSPS) is 12.8. The summed E-state index contributed by atoms with van der Waals surface area (Å²) < 4.78 is 0. The van der Waals surface area contributed by atoms with Crippen molar-refractivity contribution in [3.8, 4) is 0 Å². The molecule has 5 heteroatoms. The predicted molar refractivity (Wildman–Crippen MR) is 46.8 cm³/mol. The monoisotopic (exact) mass is 184 g/mol. The van der Waals surface area contributed by atoms with Crippen LogP contribution in [0, 0.1) is 6.92 Å². The average molecular weight is 184 g/mol. The van der Waals surface area contributed by atoms with Crippen molar-refractivity contribution >= 4 is 5.97 Å². The summed E-state index contributed by atoms with van der Waals surface area (Å²) >= 11 is 0. The smallest absolute Gasteiger partial charge is 0.304 e. The summed E-state index contributed by atoms with van der Waals surface area (Å²) in [5, 5.41) is 13.6. The Labute approximate surface area is 74.8 Å². The van der Waals surface area contributed by atoms with E-state index in [4.69, 9.17) is 5.11 Å². The molecule has 0 aliphatic carbocycles. The second-order valence-corrected chi connectivity index (χ2v) is 3.12. The molecule has 0 fully saturated rings. The lowest BCUT2D eigenvalue weighted by Gasteiger charge is -2.05. The molecule has 0 radical (unpaired) electrons. The Morgan fingerprint density at radius 2 is 2.15 bits per heavy atom. The summed E-state index contributed by atoms with van der Waals surface area (Å²) in [5.41, 5.74) is 1.05. The van der Waals surface area contributed by atoms with Gasteiger partial charge in [-0.2, -0.15) is 0 Å². The molecule has 0 aromatic carbocycles. The van der Waals surface area contributed by atoms with Crippen molar-refractivity contribution in [1.29, 1.82) is 0 Å². The van der Waals surface area contributed by atoms with Gasteiger partial charge in [0.25, 0.3) is 5.56 Å². The van der Waals surface area contributed by atoms with Gasteiger partial charge in [-0.05, 0) is 6.92 Å². The zero-order valence-electron chi connectivity index (χ0n) is 7.55. The van der Waals surface area contributed by atoms with Crippen LogP contribution in [0.25, 0.3) is 0 Å². The largest absolute Gasteiger partial charge is 0.481 e. The molecule has 3 N–H and O–H groups in total. The topological polar surface area (TPSA) is 85.9 Å². The van der Waals surface area contributed by atoms with E-state index >= 15 is 0 Å². The fourth-order valence-corrected chi connectivity index (χ4v) is 1.29. The van der Waals surface area contributed by atoms with Crippen molar-refractivity contribution in [2.45, 2.75) is 26.2 Å². The van der Waals surface area contributed by atoms with Gasteiger partial charge in [-0.3, -0.25) is 14.7 Å². The van der Waals surface area contributed by atoms with Gasteiger partial charge in [-0.15, -0.1) is 0 Å². The second kappa shape index (κ2) is 3.47. The minimum Gasteiger partial charge on any atom is -0.481 e. The van der Waals surface area contributed by atoms with Crippen LogP contribution in [0.15, 0.2) is 4.79 Å². The molecule has 0 saturated carbocycles. The highest BCUT2D eigenvalue weighted by Crippen LogP contribution is 2.17. The van der Waals surface area contributed by atoms with Crippen molar-refractivity contribution in [3.63, 3.8) is 0 Å². The first-order valence-corrected chi connectivity index (χ1v) is 4.01. The number of aromatic nitrogens is 2. The third-order valence-electron chi connectivity index (χ3n) is 2.03. The minimum absolute atomic E-state index is 0.0225. The standard InChI is InChI=1S/C8H12N2O3/c1-4(3-6(11)12)7-5(2)8(13)10-9-7/h4H,3H2,1-2H3,(H,11,12)(H2,9,10,13). The van der Waals surface area contributed by atoms with Crippen LogP contribution in [-0.4, -0.2) is 21.3 Å². The predicted octanol–water partition coefficient (Wildman–Crippen LogP) is 0.590. The maximum absolute atomic E-state index is 11.0. The Morgan fingerprint density at radius 3 is 2.54 bits per heavy atom. The second-order valence-electron chi connectivity index (χ2n) is 3.12. The highest BCUT2D eigenvalue weighted by atomic mass is 16.4. The number of carboxylic acids is 1. The van der Waals surface area contributed by atoms with Crippen LogP contribution in [0.3, 0.4) is 0 Å². The maximum atomic E-state index is 11.0. The fourth-order valence-electron chi connectivity index (χ4n) is 1.29. The average Bonchev–Trinajstić information content (AvgIpc) is 2.31. The number of aliphatic carboxylic acids is 1. The van der Waals surface area contributed by atoms with E-state index in [1.807, 2.05) is 0 Å². The Balaban J connectivity index is 2.88. The fraction of sp³-hybridized carbons (Fsp3) is 0.500. The lowest BCUT2D eigenvalue weighted by atomic mass is 10.0. The van der Waals surface area contributed by atoms with Crippen molar-refractivity contribution in [3.05, 3.63) is 21.6 Å². The molecule has 72 valence electrons. The van der Waals surface area contributed by atoms with E-state index in [1.54, 1.807) is 13.8 Å². The Kier molecular flexibility index (Phi) is 2.55. The summed E-state index contributed by atoms with van der Waals surface area (Å²) in [6.07, 6.45) is 0.0225. The molecule has 1 unspecified atom stereocenters. The van der Waals surface area contributed by atoms with Gasteiger partial charge < -0.3 is 10.2 Å². The quantitative estimate of drug-likeness (QED) is 0.642. The van der Waals surface area contributed by atoms with Gasteiger partial charge in [0.1, 0.15) is 0 Å². The number of hydrogen-bond acceptors (Lipinski definition) is 2. The Hall–Kier alpha value is -1.52. The van der Waals surface area contributed by atoms with Gasteiger partial charge in [0.05, 0.1) is 6.42 Å². The minimum atomic E-state index is -0.867. The van der Waals surface area contributed by atoms with Crippen LogP contribution in [0.1, 0.15) is 30.5 Å². The van der Waals surface area contributed by atoms with Gasteiger partial charge in [0, 0.05) is 17.2 Å². The summed E-state index contributed by atoms with van der Waals surface area (Å²) in [6.45, 7) is 3.43. The van der Waals surface area contributed by atoms with Crippen LogP contribution in [0.5, 0.6) is 0 Å². The molecule has 1 rings (SSSR count). The van der Waals surface area contributed by atoms with E-state index < -0.39 is 5.97 Å². The molecule has 1 aromatic rings. The summed E-state index contributed by atoms with van der Waals surface area (Å²) in [6, 6.07) is 0. The Bertz CT molecular complexity index is 364. The van der Waals surface area contributed by atoms with Crippen molar-refractivity contribution in [2.75, 3.05) is 0 Å². The van der Waals surface area contributed by atoms with E-state index in [2.05, 4.69) is 10.2 Å². The molecule has 0 bridgehead atoms. The van der Waals surface area contributed by atoms with Crippen LogP contribution in [0.2, 0.25) is 0 Å². The first-order chi connectivity index (χ1) is 6.02. The number of carboxylic acid groups (broad SMARTS) is 1. The van der Waals surface area contributed by atoms with E-state index in [9.17, 15) is 9.59 Å². The maximum Gasteiger partial charge on any atom is 0.304 e. The number of H-pyrrole nitrogens is 2. The summed E-state index contributed by atoms with van der Waals surface area (Å²) in [7, 11) is 0. The highest BCUT2D eigenvalue weighted by molar-refractivity contribution is 5.67. The first kappa shape index (κ1) is 9.57. The zero-order chi connectivity index (χ0) is 10.0. The van der Waals surface area contributed by atoms with Gasteiger partial charge in [0.2, 0.25) is 0 Å². The number of rotatable bonds is 3. The molecule has 0 amide bonds. The molecule has 0 aliphatic rings. The zero-order valence-corrected chi connectivity index (χ0v) is 7.55. The van der Waals surface area contributed by atoms with Crippen LogP contribution in [-0.2, 0) is 4.79 Å². The van der Waals surface area contributed by atoms with Gasteiger partial charge in [-0.25, -0.2) is 0 Å². The van der Waals surface area contributed by atoms with Crippen molar-refractivity contribution in [2.24, 2.45) is 0 Å². The number of hydrogen-bond donors (Lipinski definition) is 3. The molecule has 0 spiro atoms. The summed E-state index contributed by atoms with van der Waals surface area (Å²) in [4.78, 5) is 21.4. The van der Waals surface area contributed by atoms with Gasteiger partial charge in [-0.1, -0.05) is 6.92 Å². The molecular formula is C8H12N2O3. The van der Waals surface area contributed by atoms with Gasteiger partial charge >= 0.3 is 5.97 Å². The molecule has 13 heavy (non-hydrogen) atoms. The lowest BCUT2D eigenvalue weighted by molar-refractivity contribution is -0.137. The molecule has 0 saturated heterocycles. The van der Waals surface area contributed by atoms with E-state index in [1.165, 1.54) is 0 Å². The third kappa shape index (κ3) is 1.99. The molecule has 0 aliphatic heterocycles. The van der Waals surface area contributed by atoms with E-state index in [0.717, 1.165) is 0 Å². The van der Waals surface area contributed by atoms with Crippen LogP contribution in [0.4, 0.5) is 0 Å². The van der Waals surface area contributed by atoms with Gasteiger partial charge in [0.15, 0.2) is 0 Å². The molecule has 1 atom stereocenters. The molecule has 5 nitrogen and oxygen atoms in total. The molecular weight excluding hydrogens is 172 g/mol. The number of carbonyl (C=O) groups is 1. The first-order valence-electron chi connectivity index (χ1n) is 4.01. The summed E-state index contributed by atoms with van der Waals surface area (Å²) in [5.74, 6) is -1.04. The number of nitrogens with one attached hydrogen (secondary N) is 2. The molecule has 1 heterocycles. The van der Waals surface area contributed by atoms with Crippen LogP contribution < -0.4 is 5.56 Å². The van der Waals surface area contributed by atoms with E-state index in [-0.39, 0.29) is 17.9 Å². The SMILES string of the molecule is Cc1c(C(C)CC(=O)O)[nH][nH]c1=O. The lowest BCUT2D eigenvalue weighted by Crippen LogP contribution is -2.06. The number of aromatic amines is 2. The van der Waals surface area contributed by atoms with Crippen LogP contribution >= 0.6 is 0 Å². The van der Waals surface area contributed by atoms with Crippen molar-refractivity contribution < 1.29 is 9.90 Å². The Morgan fingerprint density at radius 1 is 1.54 bits per heavy atom. The van der Waals surface area contributed by atoms with E-state index in [0.29, 0.717) is 11.3 Å². The molecule has 1 aromatic heterocycles. The highest BCUT2D eigenvalue weighted by Gasteiger charge is 2.15. The van der Waals surface area contributed by atoms with Crippen molar-refractivity contribution in [1.82, 2.24) is 10.2 Å².